The van der Waals surface area contributed by atoms with Crippen molar-refractivity contribution in [2.24, 2.45) is 0 Å². The van der Waals surface area contributed by atoms with Crippen LogP contribution in [0.2, 0.25) is 0 Å². The summed E-state index contributed by atoms with van der Waals surface area (Å²) in [5.41, 5.74) is 1.39. The molecule has 0 aliphatic heterocycles. The molecule has 18 heavy (non-hydrogen) atoms. The van der Waals surface area contributed by atoms with E-state index in [-0.39, 0.29) is 18.1 Å². The van der Waals surface area contributed by atoms with Crippen LogP contribution < -0.4 is 4.74 Å². The minimum Gasteiger partial charge on any atom is -0.485 e. The Kier molecular flexibility index (Phi) is 4.83. The Balaban J connectivity index is 2.86. The van der Waals surface area contributed by atoms with Crippen molar-refractivity contribution in [3.63, 3.8) is 0 Å². The third-order valence-corrected chi connectivity index (χ3v) is 2.61. The van der Waals surface area contributed by atoms with E-state index in [0.717, 1.165) is 12.0 Å². The van der Waals surface area contributed by atoms with Crippen LogP contribution in [0, 0.1) is 24.0 Å². The molecule has 1 aromatic rings. The molecule has 0 spiro atoms. The van der Waals surface area contributed by atoms with Gasteiger partial charge in [0.2, 0.25) is 0 Å². The van der Waals surface area contributed by atoms with Gasteiger partial charge in [-0.25, -0.2) is 0 Å². The second-order valence-electron chi connectivity index (χ2n) is 4.24. The molecule has 5 nitrogen and oxygen atoms in total. The van der Waals surface area contributed by atoms with Crippen LogP contribution in [0.1, 0.15) is 30.9 Å². The van der Waals surface area contributed by atoms with E-state index in [1.54, 1.807) is 19.9 Å². The van der Waals surface area contributed by atoms with Gasteiger partial charge in [0, 0.05) is 12.0 Å². The van der Waals surface area contributed by atoms with E-state index in [4.69, 9.17) is 4.74 Å². The molecule has 0 saturated carbocycles. The predicted molar refractivity (Wildman–Crippen MR) is 68.0 cm³/mol. The number of Topliss-reactive ketones (excluding diaryl/α,β-unsaturated/α-hetero) is 1. The topological polar surface area (TPSA) is 69.4 Å². The highest BCUT2D eigenvalue weighted by Gasteiger charge is 2.15. The lowest BCUT2D eigenvalue weighted by Crippen LogP contribution is -2.11. The van der Waals surface area contributed by atoms with E-state index in [1.807, 2.05) is 6.92 Å². The Bertz CT molecular complexity index is 468. The molecule has 0 aromatic heterocycles. The fourth-order valence-corrected chi connectivity index (χ4v) is 1.68. The molecule has 0 aliphatic carbocycles. The Hall–Kier alpha value is -1.91. The summed E-state index contributed by atoms with van der Waals surface area (Å²) in [6.45, 7) is 5.36. The largest absolute Gasteiger partial charge is 0.485 e. The average Bonchev–Trinajstić information content (AvgIpc) is 2.27. The number of hydrogen-bond acceptors (Lipinski definition) is 4. The fraction of sp³-hybridized carbons (Fsp3) is 0.462. The van der Waals surface area contributed by atoms with Crippen molar-refractivity contribution >= 4 is 11.5 Å². The molecule has 98 valence electrons. The van der Waals surface area contributed by atoms with Gasteiger partial charge in [-0.3, -0.25) is 14.9 Å². The molecule has 0 amide bonds. The molecule has 0 N–H and O–H groups in total. The number of nitrogens with zero attached hydrogens (tertiary/aromatic N) is 1. The molecule has 0 heterocycles. The van der Waals surface area contributed by atoms with Crippen LogP contribution in [0.15, 0.2) is 12.1 Å². The quantitative estimate of drug-likeness (QED) is 0.575. The normalized spacial score (nSPS) is 10.2. The number of carbonyl (C=O) groups excluding carboxylic acids is 1. The van der Waals surface area contributed by atoms with Gasteiger partial charge in [0.1, 0.15) is 12.4 Å². The van der Waals surface area contributed by atoms with E-state index in [0.29, 0.717) is 17.7 Å². The molecule has 1 aromatic carbocycles. The van der Waals surface area contributed by atoms with E-state index in [1.165, 1.54) is 6.07 Å². The van der Waals surface area contributed by atoms with Crippen molar-refractivity contribution in [1.82, 2.24) is 0 Å². The van der Waals surface area contributed by atoms with Gasteiger partial charge in [-0.15, -0.1) is 0 Å². The van der Waals surface area contributed by atoms with Crippen LogP contribution in [-0.2, 0) is 4.79 Å². The number of ketones is 1. The minimum absolute atomic E-state index is 0.000119. The van der Waals surface area contributed by atoms with Crippen molar-refractivity contribution in [3.8, 4) is 5.75 Å². The summed E-state index contributed by atoms with van der Waals surface area (Å²) in [5, 5.41) is 10.8. The highest BCUT2D eigenvalue weighted by molar-refractivity contribution is 5.79. The zero-order valence-electron chi connectivity index (χ0n) is 10.9. The van der Waals surface area contributed by atoms with Gasteiger partial charge in [-0.1, -0.05) is 6.92 Å². The lowest BCUT2D eigenvalue weighted by atomic mass is 10.1. The lowest BCUT2D eigenvalue weighted by molar-refractivity contribution is -0.385. The zero-order valence-corrected chi connectivity index (χ0v) is 10.9. The second-order valence-corrected chi connectivity index (χ2v) is 4.24. The predicted octanol–water partition coefficient (Wildman–Crippen LogP) is 2.96. The highest BCUT2D eigenvalue weighted by Crippen LogP contribution is 2.28. The van der Waals surface area contributed by atoms with Gasteiger partial charge in [-0.05, 0) is 31.9 Å². The number of carbonyl (C=O) groups is 1. The maximum Gasteiger partial charge on any atom is 0.276 e. The molecule has 0 saturated heterocycles. The van der Waals surface area contributed by atoms with Gasteiger partial charge in [-0.2, -0.15) is 0 Å². The van der Waals surface area contributed by atoms with Crippen LogP contribution in [0.4, 0.5) is 5.69 Å². The van der Waals surface area contributed by atoms with Gasteiger partial charge >= 0.3 is 0 Å². The minimum atomic E-state index is -0.449. The zero-order chi connectivity index (χ0) is 13.7. The number of ether oxygens (including phenoxy) is 1. The van der Waals surface area contributed by atoms with E-state index in [2.05, 4.69) is 0 Å². The molecular weight excluding hydrogens is 234 g/mol. The first-order valence-corrected chi connectivity index (χ1v) is 5.85. The Morgan fingerprint density at radius 2 is 2.00 bits per heavy atom. The van der Waals surface area contributed by atoms with Crippen LogP contribution in [0.3, 0.4) is 0 Å². The monoisotopic (exact) mass is 251 g/mol. The maximum atomic E-state index is 11.4. The Morgan fingerprint density at radius 1 is 1.33 bits per heavy atom. The number of nitro benzene ring substituents is 1. The molecule has 0 unspecified atom stereocenters. The first-order valence-electron chi connectivity index (χ1n) is 5.85. The second kappa shape index (κ2) is 6.14. The summed E-state index contributed by atoms with van der Waals surface area (Å²) in [7, 11) is 0. The van der Waals surface area contributed by atoms with Crippen LogP contribution in [-0.4, -0.2) is 17.3 Å². The summed E-state index contributed by atoms with van der Waals surface area (Å²) in [6, 6.07) is 3.07. The van der Waals surface area contributed by atoms with Crippen LogP contribution >= 0.6 is 0 Å². The van der Waals surface area contributed by atoms with E-state index in [9.17, 15) is 14.9 Å². The molecule has 0 fully saturated rings. The molecule has 1 rings (SSSR count). The van der Waals surface area contributed by atoms with Crippen molar-refractivity contribution < 1.29 is 14.5 Å². The number of aryl methyl sites for hydroxylation is 2. The molecule has 0 aliphatic rings. The first-order chi connectivity index (χ1) is 8.45. The smallest absolute Gasteiger partial charge is 0.276 e. The van der Waals surface area contributed by atoms with Gasteiger partial charge < -0.3 is 4.74 Å². The number of nitro groups is 1. The third-order valence-electron chi connectivity index (χ3n) is 2.61. The van der Waals surface area contributed by atoms with Crippen molar-refractivity contribution in [2.75, 3.05) is 6.61 Å². The number of hydrogen-bond donors (Lipinski definition) is 0. The lowest BCUT2D eigenvalue weighted by Gasteiger charge is -2.09. The highest BCUT2D eigenvalue weighted by atomic mass is 16.6. The summed E-state index contributed by atoms with van der Waals surface area (Å²) in [6.07, 6.45) is 1.24. The Labute approximate surface area is 106 Å². The number of rotatable bonds is 6. The van der Waals surface area contributed by atoms with Crippen molar-refractivity contribution in [2.45, 2.75) is 33.6 Å². The summed E-state index contributed by atoms with van der Waals surface area (Å²) in [5.74, 6) is 0.400. The Morgan fingerprint density at radius 3 is 2.56 bits per heavy atom. The van der Waals surface area contributed by atoms with E-state index >= 15 is 0 Å². The SMILES string of the molecule is CCCC(=O)COc1cc([N+](=O)[O-])c(C)cc1C. The molecule has 0 bridgehead atoms. The van der Waals surface area contributed by atoms with Crippen LogP contribution in [0.5, 0.6) is 5.75 Å². The van der Waals surface area contributed by atoms with Crippen molar-refractivity contribution in [1.29, 1.82) is 0 Å². The fourth-order valence-electron chi connectivity index (χ4n) is 1.68. The molecule has 5 heteroatoms. The standard InChI is InChI=1S/C13H17NO4/c1-4-5-11(15)8-18-13-7-12(14(16)17)9(2)6-10(13)3/h6-7H,4-5,8H2,1-3H3. The molecule has 0 atom stereocenters. The first kappa shape index (κ1) is 14.2. The van der Waals surface area contributed by atoms with Crippen molar-refractivity contribution in [3.05, 3.63) is 33.4 Å². The average molecular weight is 251 g/mol. The van der Waals surface area contributed by atoms with E-state index < -0.39 is 4.92 Å². The summed E-state index contributed by atoms with van der Waals surface area (Å²) >= 11 is 0. The summed E-state index contributed by atoms with van der Waals surface area (Å²) in [4.78, 5) is 21.7. The maximum absolute atomic E-state index is 11.4. The third kappa shape index (κ3) is 3.55. The van der Waals surface area contributed by atoms with Crippen LogP contribution in [0.25, 0.3) is 0 Å². The van der Waals surface area contributed by atoms with Gasteiger partial charge in [0.15, 0.2) is 5.78 Å². The van der Waals surface area contributed by atoms with Gasteiger partial charge in [0.25, 0.3) is 5.69 Å². The van der Waals surface area contributed by atoms with Gasteiger partial charge in [0.05, 0.1) is 11.0 Å². The molecular formula is C13H17NO4. The summed E-state index contributed by atoms with van der Waals surface area (Å²) < 4.78 is 5.34. The number of benzene rings is 1. The molecule has 0 radical (unpaired) electrons.